The number of hydrogen-bond acceptors (Lipinski definition) is 3. The first-order chi connectivity index (χ1) is 7.94. The second kappa shape index (κ2) is 6.86. The fourth-order valence-electron chi connectivity index (χ4n) is 1.43. The summed E-state index contributed by atoms with van der Waals surface area (Å²) in [5.74, 6) is 2.03. The maximum absolute atomic E-state index is 5.57. The largest absolute Gasteiger partial charge is 0.466 e. The lowest BCUT2D eigenvalue weighted by molar-refractivity contribution is 0.432. The van der Waals surface area contributed by atoms with Crippen LogP contribution in [-0.4, -0.2) is 17.0 Å². The van der Waals surface area contributed by atoms with Crippen molar-refractivity contribution in [3.8, 4) is 0 Å². The number of halogens is 1. The molecular weight excluding hydrogens is 298 g/mol. The molecule has 1 atom stereocenters. The molecule has 0 aromatic carbocycles. The van der Waals surface area contributed by atoms with Crippen molar-refractivity contribution in [2.75, 3.05) is 12.3 Å². The van der Waals surface area contributed by atoms with Gasteiger partial charge in [-0.25, -0.2) is 0 Å². The first-order valence-electron chi connectivity index (χ1n) is 6.04. The smallest absolute Gasteiger partial charge is 0.135 e. The molecule has 1 rings (SSSR count). The van der Waals surface area contributed by atoms with E-state index in [4.69, 9.17) is 4.42 Å². The summed E-state index contributed by atoms with van der Waals surface area (Å²) < 4.78 is 6.91. The molecule has 1 heterocycles. The summed E-state index contributed by atoms with van der Waals surface area (Å²) in [5.41, 5.74) is 0. The maximum atomic E-state index is 5.57. The summed E-state index contributed by atoms with van der Waals surface area (Å²) in [6.07, 6.45) is 2.87. The van der Waals surface area contributed by atoms with Crippen molar-refractivity contribution in [2.24, 2.45) is 0 Å². The van der Waals surface area contributed by atoms with Gasteiger partial charge in [-0.1, -0.05) is 27.7 Å². The Kier molecular flexibility index (Phi) is 6.10. The molecule has 0 aliphatic rings. The molecule has 0 aliphatic carbocycles. The standard InChI is InChI=1S/C13H22BrNOS/c1-5-7-15-11(9-17-13(2,3)4)12-10(14)6-8-16-12/h6,8,11,15H,5,7,9H2,1-4H3. The van der Waals surface area contributed by atoms with Gasteiger partial charge in [0.15, 0.2) is 0 Å². The summed E-state index contributed by atoms with van der Waals surface area (Å²) in [7, 11) is 0. The molecule has 0 saturated heterocycles. The van der Waals surface area contributed by atoms with Crippen LogP contribution in [0.3, 0.4) is 0 Å². The third-order valence-corrected chi connectivity index (χ3v) is 4.31. The van der Waals surface area contributed by atoms with Crippen LogP contribution < -0.4 is 5.32 Å². The molecule has 98 valence electrons. The molecule has 0 amide bonds. The fraction of sp³-hybridized carbons (Fsp3) is 0.692. The minimum absolute atomic E-state index is 0.281. The highest BCUT2D eigenvalue weighted by Gasteiger charge is 2.20. The van der Waals surface area contributed by atoms with Crippen LogP contribution in [0.5, 0.6) is 0 Å². The van der Waals surface area contributed by atoms with Gasteiger partial charge in [0.1, 0.15) is 5.76 Å². The zero-order chi connectivity index (χ0) is 12.9. The topological polar surface area (TPSA) is 25.2 Å². The molecular formula is C13H22BrNOS. The third kappa shape index (κ3) is 5.49. The lowest BCUT2D eigenvalue weighted by atomic mass is 10.2. The van der Waals surface area contributed by atoms with E-state index in [1.54, 1.807) is 6.26 Å². The minimum Gasteiger partial charge on any atom is -0.466 e. The van der Waals surface area contributed by atoms with Crippen LogP contribution in [-0.2, 0) is 0 Å². The molecule has 0 spiro atoms. The minimum atomic E-state index is 0.281. The number of nitrogens with one attached hydrogen (secondary N) is 1. The van der Waals surface area contributed by atoms with Crippen LogP contribution in [0.4, 0.5) is 0 Å². The predicted molar refractivity (Wildman–Crippen MR) is 79.7 cm³/mol. The van der Waals surface area contributed by atoms with Crippen LogP contribution in [0.1, 0.15) is 45.9 Å². The normalized spacial score (nSPS) is 13.9. The van der Waals surface area contributed by atoms with Gasteiger partial charge in [-0.3, -0.25) is 0 Å². The van der Waals surface area contributed by atoms with E-state index in [2.05, 4.69) is 48.9 Å². The Labute approximate surface area is 117 Å². The number of thioether (sulfide) groups is 1. The van der Waals surface area contributed by atoms with Gasteiger partial charge in [0.05, 0.1) is 16.8 Å². The van der Waals surface area contributed by atoms with E-state index in [1.165, 1.54) is 0 Å². The average Bonchev–Trinajstić information content (AvgIpc) is 2.63. The zero-order valence-corrected chi connectivity index (χ0v) is 13.5. The van der Waals surface area contributed by atoms with Crippen LogP contribution in [0.15, 0.2) is 21.2 Å². The third-order valence-electron chi connectivity index (χ3n) is 2.29. The SMILES string of the molecule is CCCNC(CSC(C)(C)C)c1occc1Br. The summed E-state index contributed by atoms with van der Waals surface area (Å²) in [6.45, 7) is 9.92. The molecule has 1 aromatic heterocycles. The number of furan rings is 1. The molecule has 4 heteroatoms. The van der Waals surface area contributed by atoms with Gasteiger partial charge < -0.3 is 9.73 Å². The Morgan fingerprint density at radius 2 is 2.18 bits per heavy atom. The van der Waals surface area contributed by atoms with Crippen molar-refractivity contribution in [1.82, 2.24) is 5.32 Å². The number of rotatable bonds is 6. The summed E-state index contributed by atoms with van der Waals surface area (Å²) in [5, 5.41) is 3.54. The molecule has 2 nitrogen and oxygen atoms in total. The van der Waals surface area contributed by atoms with Gasteiger partial charge in [0.2, 0.25) is 0 Å². The van der Waals surface area contributed by atoms with Crippen LogP contribution in [0, 0.1) is 0 Å². The monoisotopic (exact) mass is 319 g/mol. The summed E-state index contributed by atoms with van der Waals surface area (Å²) in [6, 6.07) is 2.24. The molecule has 0 radical (unpaired) electrons. The first-order valence-corrected chi connectivity index (χ1v) is 7.82. The Bertz CT molecular complexity index is 332. The van der Waals surface area contributed by atoms with Crippen molar-refractivity contribution >= 4 is 27.7 Å². The van der Waals surface area contributed by atoms with Crippen LogP contribution in [0.25, 0.3) is 0 Å². The van der Waals surface area contributed by atoms with Crippen molar-refractivity contribution in [3.05, 3.63) is 22.6 Å². The van der Waals surface area contributed by atoms with E-state index < -0.39 is 0 Å². The van der Waals surface area contributed by atoms with Gasteiger partial charge in [0, 0.05) is 10.5 Å². The predicted octanol–water partition coefficient (Wildman–Crippen LogP) is 4.61. The van der Waals surface area contributed by atoms with Gasteiger partial charge in [-0.05, 0) is 35.0 Å². The second-order valence-electron chi connectivity index (χ2n) is 5.06. The number of hydrogen-bond donors (Lipinski definition) is 1. The Morgan fingerprint density at radius 3 is 2.65 bits per heavy atom. The molecule has 0 fully saturated rings. The average molecular weight is 320 g/mol. The lowest BCUT2D eigenvalue weighted by Gasteiger charge is -2.23. The molecule has 1 aromatic rings. The lowest BCUT2D eigenvalue weighted by Crippen LogP contribution is -2.25. The van der Waals surface area contributed by atoms with Crippen LogP contribution >= 0.6 is 27.7 Å². The van der Waals surface area contributed by atoms with Gasteiger partial charge in [0.25, 0.3) is 0 Å². The van der Waals surface area contributed by atoms with Crippen molar-refractivity contribution in [2.45, 2.75) is 44.9 Å². The van der Waals surface area contributed by atoms with Crippen molar-refractivity contribution in [3.63, 3.8) is 0 Å². The Morgan fingerprint density at radius 1 is 1.47 bits per heavy atom. The summed E-state index contributed by atoms with van der Waals surface area (Å²) >= 11 is 5.49. The van der Waals surface area contributed by atoms with E-state index in [0.29, 0.717) is 0 Å². The second-order valence-corrected chi connectivity index (χ2v) is 7.76. The molecule has 0 aliphatic heterocycles. The highest BCUT2D eigenvalue weighted by Crippen LogP contribution is 2.31. The highest BCUT2D eigenvalue weighted by atomic mass is 79.9. The molecule has 0 saturated carbocycles. The zero-order valence-electron chi connectivity index (χ0n) is 11.0. The molecule has 1 unspecified atom stereocenters. The quantitative estimate of drug-likeness (QED) is 0.828. The van der Waals surface area contributed by atoms with Crippen molar-refractivity contribution < 1.29 is 4.42 Å². The highest BCUT2D eigenvalue weighted by molar-refractivity contribution is 9.10. The van der Waals surface area contributed by atoms with E-state index in [0.717, 1.165) is 29.0 Å². The molecule has 0 bridgehead atoms. The van der Waals surface area contributed by atoms with Gasteiger partial charge in [-0.2, -0.15) is 11.8 Å². The van der Waals surface area contributed by atoms with Crippen molar-refractivity contribution in [1.29, 1.82) is 0 Å². The fourth-order valence-corrected chi connectivity index (χ4v) is 2.85. The van der Waals surface area contributed by atoms with Gasteiger partial charge >= 0.3 is 0 Å². The van der Waals surface area contributed by atoms with Gasteiger partial charge in [-0.15, -0.1) is 0 Å². The maximum Gasteiger partial charge on any atom is 0.135 e. The van der Waals surface area contributed by atoms with E-state index >= 15 is 0 Å². The Hall–Kier alpha value is 0.0700. The van der Waals surface area contributed by atoms with E-state index in [1.807, 2.05) is 17.8 Å². The van der Waals surface area contributed by atoms with Crippen LogP contribution in [0.2, 0.25) is 0 Å². The first kappa shape index (κ1) is 15.1. The summed E-state index contributed by atoms with van der Waals surface area (Å²) in [4.78, 5) is 0. The molecule has 1 N–H and O–H groups in total. The van der Waals surface area contributed by atoms with E-state index in [9.17, 15) is 0 Å². The van der Waals surface area contributed by atoms with E-state index in [-0.39, 0.29) is 10.8 Å². The molecule has 17 heavy (non-hydrogen) atoms. The Balaban J connectivity index is 2.64.